The molecule has 4 unspecified atom stereocenters. The minimum absolute atomic E-state index is 0.0640. The number of aryl methyl sites for hydroxylation is 1. The number of hydrogen-bond acceptors (Lipinski definition) is 1. The van der Waals surface area contributed by atoms with Crippen molar-refractivity contribution >= 4 is 5.78 Å². The molecule has 146 valence electrons. The van der Waals surface area contributed by atoms with Crippen LogP contribution in [-0.2, 0) is 4.79 Å². The predicted molar refractivity (Wildman–Crippen MR) is 117 cm³/mol. The molecule has 0 amide bonds. The molecule has 0 N–H and O–H groups in total. The zero-order chi connectivity index (χ0) is 19.8. The Labute approximate surface area is 169 Å². The maximum atomic E-state index is 13.0. The Morgan fingerprint density at radius 2 is 1.75 bits per heavy atom. The molecule has 1 heteroatoms. The minimum Gasteiger partial charge on any atom is -0.299 e. The van der Waals surface area contributed by atoms with Gasteiger partial charge in [0, 0.05) is 30.1 Å². The molecule has 0 saturated heterocycles. The highest BCUT2D eigenvalue weighted by atomic mass is 16.1. The third-order valence-corrected chi connectivity index (χ3v) is 7.18. The van der Waals surface area contributed by atoms with E-state index in [-0.39, 0.29) is 5.92 Å². The molecule has 28 heavy (non-hydrogen) atoms. The van der Waals surface area contributed by atoms with Crippen molar-refractivity contribution in [1.82, 2.24) is 0 Å². The fraction of sp³-hybridized carbons (Fsp3) is 0.444. The fourth-order valence-electron chi connectivity index (χ4n) is 5.23. The lowest BCUT2D eigenvalue weighted by molar-refractivity contribution is -0.119. The van der Waals surface area contributed by atoms with Crippen LogP contribution in [0.4, 0.5) is 0 Å². The summed E-state index contributed by atoms with van der Waals surface area (Å²) in [6, 6.07) is 8.35. The van der Waals surface area contributed by atoms with Gasteiger partial charge < -0.3 is 0 Å². The Balaban J connectivity index is 1.47. The van der Waals surface area contributed by atoms with Gasteiger partial charge in [-0.25, -0.2) is 0 Å². The van der Waals surface area contributed by atoms with Gasteiger partial charge in [-0.1, -0.05) is 91.8 Å². The standard InChI is InChI=1S/C27H32O/c1-17-8-10-21(11-9-17)19(3)27(28)16-22-6-5-7-25-20(4)24(12-13-26(22)25)23-14-18(2)15-23/h5-13,18-19,23-26H,4,14-16H2,1-3H3. The van der Waals surface area contributed by atoms with Crippen LogP contribution in [0.15, 0.2) is 72.4 Å². The average Bonchev–Trinajstić information content (AvgIpc) is 2.67. The van der Waals surface area contributed by atoms with Crippen molar-refractivity contribution in [2.24, 2.45) is 29.6 Å². The maximum absolute atomic E-state index is 13.0. The van der Waals surface area contributed by atoms with Crippen LogP contribution in [0.1, 0.15) is 50.2 Å². The van der Waals surface area contributed by atoms with E-state index in [2.05, 4.69) is 75.1 Å². The zero-order valence-corrected chi connectivity index (χ0v) is 17.4. The first-order valence-electron chi connectivity index (χ1n) is 10.8. The second kappa shape index (κ2) is 7.70. The Bertz CT molecular complexity index is 845. The van der Waals surface area contributed by atoms with Gasteiger partial charge in [-0.15, -0.1) is 0 Å². The smallest absolute Gasteiger partial charge is 0.144 e. The number of carbonyl (C=O) groups excluding carboxylic acids is 1. The lowest BCUT2D eigenvalue weighted by Gasteiger charge is -2.44. The van der Waals surface area contributed by atoms with E-state index in [4.69, 9.17) is 0 Å². The molecule has 4 atom stereocenters. The number of benzene rings is 1. The normalized spacial score (nSPS) is 32.3. The number of Topliss-reactive ketones (excluding diaryl/α,β-unsaturated/α-hetero) is 1. The van der Waals surface area contributed by atoms with Crippen LogP contribution in [-0.4, -0.2) is 5.78 Å². The maximum Gasteiger partial charge on any atom is 0.144 e. The quantitative estimate of drug-likeness (QED) is 0.534. The van der Waals surface area contributed by atoms with Crippen LogP contribution < -0.4 is 0 Å². The number of allylic oxidation sites excluding steroid dienone is 7. The van der Waals surface area contributed by atoms with Crippen LogP contribution in [0.3, 0.4) is 0 Å². The summed E-state index contributed by atoms with van der Waals surface area (Å²) in [6.45, 7) is 11.0. The van der Waals surface area contributed by atoms with E-state index in [0.717, 1.165) is 17.4 Å². The van der Waals surface area contributed by atoms with Crippen molar-refractivity contribution in [3.8, 4) is 0 Å². The van der Waals surface area contributed by atoms with Crippen molar-refractivity contribution in [3.05, 3.63) is 83.5 Å². The first kappa shape index (κ1) is 19.2. The number of ketones is 1. The summed E-state index contributed by atoms with van der Waals surface area (Å²) in [5.74, 6) is 3.05. The topological polar surface area (TPSA) is 17.1 Å². The second-order valence-corrected chi connectivity index (χ2v) is 9.28. The Morgan fingerprint density at radius 1 is 1.07 bits per heavy atom. The van der Waals surface area contributed by atoms with Crippen LogP contribution >= 0.6 is 0 Å². The third kappa shape index (κ3) is 3.60. The highest BCUT2D eigenvalue weighted by molar-refractivity contribution is 5.87. The molecule has 0 aromatic heterocycles. The van der Waals surface area contributed by atoms with E-state index in [0.29, 0.717) is 30.0 Å². The zero-order valence-electron chi connectivity index (χ0n) is 17.4. The van der Waals surface area contributed by atoms with E-state index in [9.17, 15) is 4.79 Å². The first-order chi connectivity index (χ1) is 13.4. The van der Waals surface area contributed by atoms with Crippen molar-refractivity contribution in [2.75, 3.05) is 0 Å². The van der Waals surface area contributed by atoms with E-state index >= 15 is 0 Å². The molecular weight excluding hydrogens is 340 g/mol. The Hall–Kier alpha value is -2.15. The van der Waals surface area contributed by atoms with Gasteiger partial charge in [-0.05, 0) is 37.2 Å². The highest BCUT2D eigenvalue weighted by Gasteiger charge is 2.39. The summed E-state index contributed by atoms with van der Waals surface area (Å²) in [5, 5.41) is 0. The predicted octanol–water partition coefficient (Wildman–Crippen LogP) is 6.57. The largest absolute Gasteiger partial charge is 0.299 e. The van der Waals surface area contributed by atoms with E-state index < -0.39 is 0 Å². The van der Waals surface area contributed by atoms with Crippen LogP contribution in [0.2, 0.25) is 0 Å². The van der Waals surface area contributed by atoms with Crippen molar-refractivity contribution < 1.29 is 4.79 Å². The summed E-state index contributed by atoms with van der Waals surface area (Å²) in [7, 11) is 0. The number of rotatable bonds is 5. The molecule has 3 aliphatic rings. The number of carbonyl (C=O) groups is 1. The summed E-state index contributed by atoms with van der Waals surface area (Å²) >= 11 is 0. The van der Waals surface area contributed by atoms with Gasteiger partial charge in [-0.2, -0.15) is 0 Å². The molecule has 0 radical (unpaired) electrons. The number of fused-ring (bicyclic) bond motifs is 1. The molecule has 1 aromatic rings. The highest BCUT2D eigenvalue weighted by Crippen LogP contribution is 2.49. The van der Waals surface area contributed by atoms with Crippen LogP contribution in [0.5, 0.6) is 0 Å². The molecular formula is C27H32O. The SMILES string of the molecule is C=C1C(C2CC(C)C2)C=CC2C(CC(=O)C(C)c3ccc(C)cc3)=CC=CC12. The van der Waals surface area contributed by atoms with Crippen molar-refractivity contribution in [2.45, 2.75) is 46.0 Å². The lowest BCUT2D eigenvalue weighted by atomic mass is 9.61. The molecule has 0 bridgehead atoms. The summed E-state index contributed by atoms with van der Waals surface area (Å²) in [4.78, 5) is 13.0. The van der Waals surface area contributed by atoms with Gasteiger partial charge >= 0.3 is 0 Å². The van der Waals surface area contributed by atoms with Crippen LogP contribution in [0, 0.1) is 36.5 Å². The lowest BCUT2D eigenvalue weighted by Crippen LogP contribution is -2.34. The Kier molecular flexibility index (Phi) is 5.27. The minimum atomic E-state index is -0.0640. The average molecular weight is 373 g/mol. The molecule has 4 rings (SSSR count). The molecule has 0 aliphatic heterocycles. The first-order valence-corrected chi connectivity index (χ1v) is 10.8. The van der Waals surface area contributed by atoms with Crippen LogP contribution in [0.25, 0.3) is 0 Å². The van der Waals surface area contributed by atoms with Crippen molar-refractivity contribution in [3.63, 3.8) is 0 Å². The number of hydrogen-bond donors (Lipinski definition) is 0. The van der Waals surface area contributed by atoms with Gasteiger partial charge in [0.15, 0.2) is 0 Å². The summed E-state index contributed by atoms with van der Waals surface area (Å²) < 4.78 is 0. The summed E-state index contributed by atoms with van der Waals surface area (Å²) in [5.41, 5.74) is 4.94. The van der Waals surface area contributed by atoms with Gasteiger partial charge in [0.2, 0.25) is 0 Å². The molecule has 3 aliphatic carbocycles. The van der Waals surface area contributed by atoms with E-state index in [1.54, 1.807) is 0 Å². The third-order valence-electron chi connectivity index (χ3n) is 7.18. The van der Waals surface area contributed by atoms with E-state index in [1.165, 1.54) is 29.6 Å². The second-order valence-electron chi connectivity index (χ2n) is 9.28. The molecule has 1 aromatic carbocycles. The van der Waals surface area contributed by atoms with Gasteiger partial charge in [0.1, 0.15) is 5.78 Å². The molecule has 1 nitrogen and oxygen atoms in total. The molecule has 0 spiro atoms. The van der Waals surface area contributed by atoms with Gasteiger partial charge in [0.25, 0.3) is 0 Å². The summed E-state index contributed by atoms with van der Waals surface area (Å²) in [6.07, 6.45) is 14.5. The fourth-order valence-corrected chi connectivity index (χ4v) is 5.23. The Morgan fingerprint density at radius 3 is 2.43 bits per heavy atom. The molecule has 0 heterocycles. The molecule has 1 fully saturated rings. The van der Waals surface area contributed by atoms with E-state index in [1.807, 2.05) is 6.92 Å². The monoisotopic (exact) mass is 372 g/mol. The van der Waals surface area contributed by atoms with Gasteiger partial charge in [0.05, 0.1) is 0 Å². The van der Waals surface area contributed by atoms with Gasteiger partial charge in [-0.3, -0.25) is 4.79 Å². The molecule has 1 saturated carbocycles. The van der Waals surface area contributed by atoms with Crippen molar-refractivity contribution in [1.29, 1.82) is 0 Å².